The number of nitrogens with two attached hydrogens (primary N) is 1. The minimum absolute atomic E-state index is 0. The van der Waals surface area contributed by atoms with Crippen molar-refractivity contribution < 1.29 is 58.1 Å². The van der Waals surface area contributed by atoms with Gasteiger partial charge in [-0.05, 0) is 0 Å². The summed E-state index contributed by atoms with van der Waals surface area (Å²) in [7, 11) is -3.17. The van der Waals surface area contributed by atoms with Crippen molar-refractivity contribution in [2.24, 2.45) is 0 Å². The van der Waals surface area contributed by atoms with Crippen LogP contribution in [0.2, 0.25) is 0 Å². The molecular formula is C11H15N5NaO6P. The molecule has 1 unspecified atom stereocenters. The summed E-state index contributed by atoms with van der Waals surface area (Å²) in [6.45, 7) is -0.0483. The van der Waals surface area contributed by atoms with Gasteiger partial charge in [-0.15, -0.1) is 0 Å². The van der Waals surface area contributed by atoms with Gasteiger partial charge in [-0.3, -0.25) is 4.57 Å². The van der Waals surface area contributed by atoms with Crippen molar-refractivity contribution >= 4 is 13.4 Å². The molecule has 24 heavy (non-hydrogen) atoms. The molecule has 0 bridgehead atoms. The van der Waals surface area contributed by atoms with Gasteiger partial charge in [0, 0.05) is 7.11 Å². The first-order valence-electron chi connectivity index (χ1n) is 6.63. The molecule has 11 nitrogen and oxygen atoms in total. The molecule has 1 saturated heterocycles. The first-order chi connectivity index (χ1) is 10.9. The smallest absolute Gasteiger partial charge is 0.777 e. The summed E-state index contributed by atoms with van der Waals surface area (Å²) in [4.78, 5) is 23.5. The number of aromatic nitrogens is 4. The fourth-order valence-electron chi connectivity index (χ4n) is 2.31. The summed E-state index contributed by atoms with van der Waals surface area (Å²) in [6.07, 6.45) is 0.956. The van der Waals surface area contributed by atoms with Crippen LogP contribution in [0.1, 0.15) is 6.42 Å². The van der Waals surface area contributed by atoms with Crippen LogP contribution in [0, 0.1) is 0 Å². The molecule has 0 aromatic rings. The third-order valence-electron chi connectivity index (χ3n) is 3.46. The van der Waals surface area contributed by atoms with Crippen LogP contribution >= 0.6 is 7.60 Å². The van der Waals surface area contributed by atoms with Crippen LogP contribution in [-0.2, 0) is 24.5 Å². The zero-order valence-corrected chi connectivity index (χ0v) is 16.0. The van der Waals surface area contributed by atoms with Crippen LogP contribution in [0.25, 0.3) is 11.5 Å². The molecule has 0 aromatic carbocycles. The summed E-state index contributed by atoms with van der Waals surface area (Å²) >= 11 is 0. The number of aliphatic hydroxyl groups excluding tert-OH is 1. The second kappa shape index (κ2) is 7.32. The van der Waals surface area contributed by atoms with E-state index in [1.54, 1.807) is 0 Å². The summed E-state index contributed by atoms with van der Waals surface area (Å²) < 4.78 is 28.1. The number of ether oxygens (including phenoxy) is 2. The van der Waals surface area contributed by atoms with Gasteiger partial charge in [-0.2, -0.15) is 0 Å². The van der Waals surface area contributed by atoms with Gasteiger partial charge in [-0.25, -0.2) is 15.0 Å². The maximum atomic E-state index is 11.6. The molecule has 0 aliphatic carbocycles. The minimum Gasteiger partial charge on any atom is -0.777 e. The normalized spacial score (nSPS) is 26.2. The molecule has 3 rings (SSSR count). The van der Waals surface area contributed by atoms with Gasteiger partial charge >= 0.3 is 29.6 Å². The first kappa shape index (κ1) is 19.7. The number of fused-ring (bicyclic) bond motifs is 1. The summed E-state index contributed by atoms with van der Waals surface area (Å²) in [5.41, 5.74) is 6.36. The third kappa shape index (κ3) is 3.64. The van der Waals surface area contributed by atoms with Crippen molar-refractivity contribution in [2.75, 3.05) is 25.8 Å². The maximum absolute atomic E-state index is 11.6. The maximum Gasteiger partial charge on any atom is 1.00 e. The Kier molecular flexibility index (Phi) is 6.01. The Hall–Kier alpha value is -0.620. The van der Waals surface area contributed by atoms with Gasteiger partial charge in [-0.1, -0.05) is 0 Å². The largest absolute Gasteiger partial charge is 1.00 e. The van der Waals surface area contributed by atoms with Gasteiger partial charge in [0.25, 0.3) is 5.91 Å². The van der Waals surface area contributed by atoms with Gasteiger partial charge in [0.15, 0.2) is 13.4 Å². The molecule has 0 aromatic heterocycles. The molecular weight excluding hydrogens is 352 g/mol. The number of aliphatic hydroxyl groups is 1. The van der Waals surface area contributed by atoms with Gasteiger partial charge < -0.3 is 34.3 Å². The number of rotatable bonds is 5. The number of hydrogen-bond acceptors (Lipinski definition) is 10. The number of nitrogens with zero attached hydrogens (tertiary/aromatic N) is 4. The van der Waals surface area contributed by atoms with E-state index in [1.807, 2.05) is 0 Å². The Morgan fingerprint density at radius 2 is 2.33 bits per heavy atom. The molecule has 3 aliphatic rings. The van der Waals surface area contributed by atoms with E-state index >= 15 is 0 Å². The molecule has 0 amide bonds. The summed E-state index contributed by atoms with van der Waals surface area (Å²) in [5, 5.41) is 9.79. The predicted molar refractivity (Wildman–Crippen MR) is 74.0 cm³/mol. The van der Waals surface area contributed by atoms with Crippen LogP contribution in [-0.4, -0.2) is 50.8 Å². The van der Waals surface area contributed by atoms with E-state index in [9.17, 15) is 14.6 Å². The van der Waals surface area contributed by atoms with E-state index in [0.29, 0.717) is 11.5 Å². The number of imidazole rings is 1. The van der Waals surface area contributed by atoms with Crippen molar-refractivity contribution in [1.29, 1.82) is 0 Å². The Balaban J connectivity index is 0.00000208. The predicted octanol–water partition coefficient (Wildman–Crippen LogP) is -4.07. The second-order valence-electron chi connectivity index (χ2n) is 4.99. The molecule has 13 heteroatoms. The second-order valence-corrected chi connectivity index (χ2v) is 6.84. The SMILES string of the molecule is COP(=O)([O-])CO[C@]1(n2cnc3ncnc-3c2N)C[C@H](O)CO1.[Na+]. The van der Waals surface area contributed by atoms with E-state index in [1.165, 1.54) is 17.2 Å². The zero-order valence-electron chi connectivity index (χ0n) is 13.2. The van der Waals surface area contributed by atoms with Crippen LogP contribution in [0.5, 0.6) is 0 Å². The average Bonchev–Trinajstić information content (AvgIpc) is 3.14. The van der Waals surface area contributed by atoms with E-state index in [2.05, 4.69) is 19.5 Å². The van der Waals surface area contributed by atoms with Crippen molar-refractivity contribution in [3.05, 3.63) is 12.7 Å². The van der Waals surface area contributed by atoms with Crippen LogP contribution < -0.4 is 40.2 Å². The average molecular weight is 367 g/mol. The quantitative estimate of drug-likeness (QED) is 0.393. The standard InChI is InChI=1S/C11H16N5O6P.Na/c1-20-23(18,19)6-22-11(2-7(17)3-21-11)16-5-15-10-8(9(16)12)13-4-14-10;/h4-5,7,17H,2-3,6,12H2,1H3,(H,18,19);/q;+1/p-1/t7-,11-;/m0./s1. The van der Waals surface area contributed by atoms with Crippen molar-refractivity contribution in [1.82, 2.24) is 19.5 Å². The Morgan fingerprint density at radius 1 is 1.58 bits per heavy atom. The van der Waals surface area contributed by atoms with Crippen molar-refractivity contribution in [3.8, 4) is 11.5 Å². The Bertz CT molecular complexity index is 731. The minimum atomic E-state index is -4.20. The Morgan fingerprint density at radius 3 is 2.96 bits per heavy atom. The molecule has 3 heterocycles. The van der Waals surface area contributed by atoms with Crippen molar-refractivity contribution in [2.45, 2.75) is 18.4 Å². The zero-order chi connectivity index (χ0) is 16.7. The molecule has 3 atom stereocenters. The number of hydrogen-bond donors (Lipinski definition) is 2. The summed E-state index contributed by atoms with van der Waals surface area (Å²) in [5.74, 6) is -1.17. The van der Waals surface area contributed by atoms with Gasteiger partial charge in [0.1, 0.15) is 30.5 Å². The Labute approximate surface area is 159 Å². The van der Waals surface area contributed by atoms with E-state index in [0.717, 1.165) is 7.11 Å². The molecule has 1 fully saturated rings. The topological polar surface area (TPSA) is 158 Å². The monoisotopic (exact) mass is 367 g/mol. The number of nitrogen functional groups attached to an aromatic ring is 1. The van der Waals surface area contributed by atoms with Crippen LogP contribution in [0.3, 0.4) is 0 Å². The molecule has 0 spiro atoms. The fraction of sp³-hybridized carbons (Fsp3) is 0.545. The van der Waals surface area contributed by atoms with E-state index < -0.39 is 26.0 Å². The van der Waals surface area contributed by atoms with Crippen LogP contribution in [0.4, 0.5) is 5.82 Å². The van der Waals surface area contributed by atoms with Crippen molar-refractivity contribution in [3.63, 3.8) is 0 Å². The third-order valence-corrected chi connectivity index (χ3v) is 4.47. The van der Waals surface area contributed by atoms with Crippen LogP contribution in [0.15, 0.2) is 12.7 Å². The molecule has 0 radical (unpaired) electrons. The van der Waals surface area contributed by atoms with Gasteiger partial charge in [0.2, 0.25) is 0 Å². The number of anilines is 1. The summed E-state index contributed by atoms with van der Waals surface area (Å²) in [6, 6.07) is 0. The molecule has 3 aliphatic heterocycles. The molecule has 3 N–H and O–H groups in total. The van der Waals surface area contributed by atoms with E-state index in [-0.39, 0.29) is 48.4 Å². The van der Waals surface area contributed by atoms with Gasteiger partial charge in [0.05, 0.1) is 19.1 Å². The first-order valence-corrected chi connectivity index (χ1v) is 8.35. The van der Waals surface area contributed by atoms with E-state index in [4.69, 9.17) is 15.2 Å². The molecule has 126 valence electrons. The fourth-order valence-corrected chi connectivity index (χ4v) is 2.77. The molecule has 0 saturated carbocycles.